The molecular formula is C21H21FN2O6S. The summed E-state index contributed by atoms with van der Waals surface area (Å²) in [6.07, 6.45) is 1.61. The zero-order valence-electron chi connectivity index (χ0n) is 16.9. The molecule has 8 nitrogen and oxygen atoms in total. The molecule has 31 heavy (non-hydrogen) atoms. The molecule has 0 unspecified atom stereocenters. The van der Waals surface area contributed by atoms with Crippen LogP contribution in [0.25, 0.3) is 16.9 Å². The number of ether oxygens (including phenoxy) is 1. The van der Waals surface area contributed by atoms with Gasteiger partial charge in [-0.05, 0) is 66.9 Å². The molecule has 3 rings (SSSR count). The van der Waals surface area contributed by atoms with Crippen LogP contribution >= 0.6 is 0 Å². The molecule has 1 aromatic heterocycles. The summed E-state index contributed by atoms with van der Waals surface area (Å²) in [4.78, 5) is 14.5. The summed E-state index contributed by atoms with van der Waals surface area (Å²) in [5, 5.41) is 9.27. The predicted molar refractivity (Wildman–Crippen MR) is 112 cm³/mol. The lowest BCUT2D eigenvalue weighted by molar-refractivity contribution is -0.767. The van der Waals surface area contributed by atoms with Crippen LogP contribution in [0, 0.1) is 22.9 Å². The Morgan fingerprint density at radius 1 is 1.10 bits per heavy atom. The minimum atomic E-state index is -3.32. The average molecular weight is 448 g/mol. The standard InChI is InChI=1S/C21H21FN2O6S/c1-15-17(11-12-29-14-30-24(25)26)13-21(23(15)19-7-5-18(22)6-8-19)16-3-9-20(10-4-16)31(2,27)28/h3-10,13H,11-12,14H2,1-2H3. The fraction of sp³-hybridized carbons (Fsp3) is 0.238. The molecule has 0 aliphatic carbocycles. The fourth-order valence-corrected chi connectivity index (χ4v) is 3.87. The van der Waals surface area contributed by atoms with Crippen molar-refractivity contribution in [3.8, 4) is 16.9 Å². The highest BCUT2D eigenvalue weighted by Gasteiger charge is 2.16. The van der Waals surface area contributed by atoms with E-state index in [1.807, 2.05) is 17.6 Å². The van der Waals surface area contributed by atoms with Crippen molar-refractivity contribution in [3.05, 3.63) is 81.8 Å². The smallest absolute Gasteiger partial charge is 0.296 e. The molecule has 1 heterocycles. The molecule has 0 spiro atoms. The van der Waals surface area contributed by atoms with Crippen molar-refractivity contribution in [1.82, 2.24) is 4.57 Å². The van der Waals surface area contributed by atoms with Crippen LogP contribution < -0.4 is 0 Å². The molecule has 0 saturated carbocycles. The van der Waals surface area contributed by atoms with Gasteiger partial charge in [-0.3, -0.25) is 4.84 Å². The lowest BCUT2D eigenvalue weighted by Gasteiger charge is -2.13. The van der Waals surface area contributed by atoms with E-state index in [2.05, 4.69) is 4.84 Å². The quantitative estimate of drug-likeness (QED) is 0.214. The Kier molecular flexibility index (Phi) is 6.71. The second-order valence-corrected chi connectivity index (χ2v) is 8.89. The van der Waals surface area contributed by atoms with E-state index in [0.29, 0.717) is 6.42 Å². The van der Waals surface area contributed by atoms with E-state index in [1.54, 1.807) is 36.4 Å². The minimum Gasteiger partial charge on any atom is -0.354 e. The summed E-state index contributed by atoms with van der Waals surface area (Å²) in [5.41, 5.74) is 4.12. The Balaban J connectivity index is 1.96. The Labute approximate surface area is 178 Å². The molecule has 0 N–H and O–H groups in total. The van der Waals surface area contributed by atoms with Gasteiger partial charge in [-0.2, -0.15) is 0 Å². The minimum absolute atomic E-state index is 0.203. The predicted octanol–water partition coefficient (Wildman–Crippen LogP) is 3.72. The maximum Gasteiger partial charge on any atom is 0.296 e. The molecule has 0 aliphatic heterocycles. The van der Waals surface area contributed by atoms with E-state index in [-0.39, 0.29) is 17.3 Å². The van der Waals surface area contributed by atoms with Crippen molar-refractivity contribution in [2.75, 3.05) is 19.7 Å². The third-order valence-corrected chi connectivity index (χ3v) is 5.90. The zero-order valence-corrected chi connectivity index (χ0v) is 17.8. The summed E-state index contributed by atoms with van der Waals surface area (Å²) in [5.74, 6) is -0.355. The van der Waals surface area contributed by atoms with Crippen LogP contribution in [0.2, 0.25) is 0 Å². The van der Waals surface area contributed by atoms with Crippen LogP contribution in [0.1, 0.15) is 11.3 Å². The second kappa shape index (κ2) is 9.27. The van der Waals surface area contributed by atoms with E-state index in [4.69, 9.17) is 4.74 Å². The van der Waals surface area contributed by atoms with E-state index >= 15 is 0 Å². The van der Waals surface area contributed by atoms with E-state index in [1.165, 1.54) is 12.1 Å². The van der Waals surface area contributed by atoms with Gasteiger partial charge >= 0.3 is 0 Å². The Morgan fingerprint density at radius 3 is 2.32 bits per heavy atom. The Bertz CT molecular complexity index is 1170. The Hall–Kier alpha value is -3.24. The monoisotopic (exact) mass is 448 g/mol. The van der Waals surface area contributed by atoms with Crippen LogP contribution in [-0.4, -0.2) is 37.7 Å². The van der Waals surface area contributed by atoms with Gasteiger partial charge in [0.15, 0.2) is 16.6 Å². The molecule has 10 heteroatoms. The molecule has 164 valence electrons. The SMILES string of the molecule is Cc1c(CCOCO[N+](=O)[O-])cc(-c2ccc(S(C)(=O)=O)cc2)n1-c1ccc(F)cc1. The number of nitrogens with zero attached hydrogens (tertiary/aromatic N) is 2. The van der Waals surface area contributed by atoms with Gasteiger partial charge in [-0.15, -0.1) is 10.1 Å². The summed E-state index contributed by atoms with van der Waals surface area (Å²) in [6, 6.07) is 14.5. The van der Waals surface area contributed by atoms with Crippen LogP contribution in [0.5, 0.6) is 0 Å². The van der Waals surface area contributed by atoms with E-state index in [9.17, 15) is 22.9 Å². The second-order valence-electron chi connectivity index (χ2n) is 6.88. The van der Waals surface area contributed by atoms with Gasteiger partial charge in [-0.25, -0.2) is 12.8 Å². The van der Waals surface area contributed by atoms with E-state index in [0.717, 1.165) is 34.5 Å². The first-order valence-electron chi connectivity index (χ1n) is 9.29. The topological polar surface area (TPSA) is 101 Å². The number of benzene rings is 2. The Morgan fingerprint density at radius 2 is 1.74 bits per heavy atom. The fourth-order valence-electron chi connectivity index (χ4n) is 3.24. The number of hydrogen-bond donors (Lipinski definition) is 0. The molecular weight excluding hydrogens is 427 g/mol. The maximum atomic E-state index is 13.4. The molecule has 3 aromatic rings. The van der Waals surface area contributed by atoms with Gasteiger partial charge in [0.1, 0.15) is 5.82 Å². The number of aromatic nitrogens is 1. The molecule has 2 aromatic carbocycles. The summed E-state index contributed by atoms with van der Waals surface area (Å²) >= 11 is 0. The third kappa shape index (κ3) is 5.47. The normalized spacial score (nSPS) is 11.5. The number of sulfone groups is 1. The van der Waals surface area contributed by atoms with Crippen LogP contribution in [0.15, 0.2) is 59.5 Å². The maximum absolute atomic E-state index is 13.4. The highest BCUT2D eigenvalue weighted by atomic mass is 32.2. The average Bonchev–Trinajstić information content (AvgIpc) is 3.04. The van der Waals surface area contributed by atoms with Gasteiger partial charge < -0.3 is 9.30 Å². The first-order valence-corrected chi connectivity index (χ1v) is 11.2. The number of rotatable bonds is 9. The van der Waals surface area contributed by atoms with Crippen molar-refractivity contribution >= 4 is 9.84 Å². The molecule has 0 aliphatic rings. The molecule has 0 amide bonds. The highest BCUT2D eigenvalue weighted by molar-refractivity contribution is 7.90. The number of hydrogen-bond acceptors (Lipinski definition) is 6. The first-order chi connectivity index (χ1) is 14.7. The van der Waals surface area contributed by atoms with Crippen LogP contribution in [0.4, 0.5) is 4.39 Å². The molecule has 0 atom stereocenters. The summed E-state index contributed by atoms with van der Waals surface area (Å²) in [7, 11) is -3.32. The molecule has 0 bridgehead atoms. The van der Waals surface area contributed by atoms with Crippen molar-refractivity contribution < 1.29 is 27.5 Å². The highest BCUT2D eigenvalue weighted by Crippen LogP contribution is 2.30. The number of halogens is 1. The third-order valence-electron chi connectivity index (χ3n) is 4.77. The van der Waals surface area contributed by atoms with Crippen molar-refractivity contribution in [2.24, 2.45) is 0 Å². The van der Waals surface area contributed by atoms with Crippen LogP contribution in [-0.2, 0) is 25.8 Å². The lowest BCUT2D eigenvalue weighted by Crippen LogP contribution is -2.08. The van der Waals surface area contributed by atoms with Crippen molar-refractivity contribution in [3.63, 3.8) is 0 Å². The largest absolute Gasteiger partial charge is 0.354 e. The van der Waals surface area contributed by atoms with Crippen LogP contribution in [0.3, 0.4) is 0 Å². The molecule has 0 saturated heterocycles. The van der Waals surface area contributed by atoms with E-state index < -0.39 is 21.7 Å². The van der Waals surface area contributed by atoms with Gasteiger partial charge in [0.2, 0.25) is 0 Å². The summed E-state index contributed by atoms with van der Waals surface area (Å²) < 4.78 is 44.1. The van der Waals surface area contributed by atoms with Gasteiger partial charge in [0.25, 0.3) is 5.09 Å². The van der Waals surface area contributed by atoms with Gasteiger partial charge in [-0.1, -0.05) is 12.1 Å². The zero-order chi connectivity index (χ0) is 22.6. The van der Waals surface area contributed by atoms with Gasteiger partial charge in [0.05, 0.1) is 17.2 Å². The molecule has 0 fully saturated rings. The summed E-state index contributed by atoms with van der Waals surface area (Å²) in [6.45, 7) is 1.65. The lowest BCUT2D eigenvalue weighted by atomic mass is 10.1. The molecule has 0 radical (unpaired) electrons. The first kappa shape index (κ1) is 22.4. The van der Waals surface area contributed by atoms with Crippen molar-refractivity contribution in [2.45, 2.75) is 18.2 Å². The van der Waals surface area contributed by atoms with Gasteiger partial charge in [0, 0.05) is 17.6 Å². The van der Waals surface area contributed by atoms with Crippen molar-refractivity contribution in [1.29, 1.82) is 0 Å².